The van der Waals surface area contributed by atoms with Crippen LogP contribution in [0.5, 0.6) is 0 Å². The molecule has 2 N–H and O–H groups in total. The lowest BCUT2D eigenvalue weighted by molar-refractivity contribution is 0.816. The van der Waals surface area contributed by atoms with Gasteiger partial charge in [0.25, 0.3) is 0 Å². The van der Waals surface area contributed by atoms with Crippen molar-refractivity contribution in [1.29, 1.82) is 0 Å². The van der Waals surface area contributed by atoms with Gasteiger partial charge in [-0.05, 0) is 32.3 Å². The number of nitrogens with two attached hydrogens (primary N) is 1. The molecule has 106 valence electrons. The molecular weight excluding hydrogens is 246 g/mol. The minimum Gasteiger partial charge on any atom is -0.383 e. The third-order valence-corrected chi connectivity index (χ3v) is 3.43. The molecule has 0 fully saturated rings. The molecule has 0 radical (unpaired) electrons. The average Bonchev–Trinajstić information content (AvgIpc) is 2.25. The van der Waals surface area contributed by atoms with Crippen molar-refractivity contribution < 1.29 is 0 Å². The summed E-state index contributed by atoms with van der Waals surface area (Å²) in [5, 5.41) is 0. The minimum absolute atomic E-state index is 0.352. The number of aromatic nitrogens is 2. The highest BCUT2D eigenvalue weighted by Gasteiger charge is 2.12. The molecule has 0 saturated carbocycles. The van der Waals surface area contributed by atoms with Crippen LogP contribution in [-0.4, -0.2) is 9.97 Å². The predicted molar refractivity (Wildman–Crippen MR) is 84.0 cm³/mol. The molecule has 1 heterocycles. The highest BCUT2D eigenvalue weighted by atomic mass is 15.0. The van der Waals surface area contributed by atoms with Crippen molar-refractivity contribution in [1.82, 2.24) is 9.97 Å². The first-order valence-corrected chi connectivity index (χ1v) is 7.07. The third-order valence-electron chi connectivity index (χ3n) is 3.43. The molecule has 20 heavy (non-hydrogen) atoms. The quantitative estimate of drug-likeness (QED) is 0.924. The molecule has 1 aromatic heterocycles. The Morgan fingerprint density at radius 2 is 1.60 bits per heavy atom. The van der Waals surface area contributed by atoms with Gasteiger partial charge in [0, 0.05) is 17.7 Å². The fourth-order valence-electron chi connectivity index (χ4n) is 2.81. The summed E-state index contributed by atoms with van der Waals surface area (Å²) in [6.45, 7) is 10.5. The minimum atomic E-state index is 0.352. The Bertz CT molecular complexity index is 587. The summed E-state index contributed by atoms with van der Waals surface area (Å²) in [6, 6.07) is 6.53. The van der Waals surface area contributed by atoms with Crippen LogP contribution < -0.4 is 5.73 Å². The van der Waals surface area contributed by atoms with Gasteiger partial charge in [-0.25, -0.2) is 9.97 Å². The summed E-state index contributed by atoms with van der Waals surface area (Å²) >= 11 is 0. The van der Waals surface area contributed by atoms with E-state index in [0.29, 0.717) is 11.7 Å². The number of hydrogen-bond donors (Lipinski definition) is 1. The Kier molecular flexibility index (Phi) is 4.07. The molecule has 2 rings (SSSR count). The number of rotatable bonds is 3. The predicted octanol–water partition coefficient (Wildman–Crippen LogP) is 3.70. The maximum absolute atomic E-state index is 6.09. The summed E-state index contributed by atoms with van der Waals surface area (Å²) in [5.41, 5.74) is 11.9. The summed E-state index contributed by atoms with van der Waals surface area (Å²) in [4.78, 5) is 9.10. The van der Waals surface area contributed by atoms with Crippen LogP contribution in [0.4, 0.5) is 5.82 Å². The van der Waals surface area contributed by atoms with Crippen molar-refractivity contribution >= 4 is 5.82 Å². The van der Waals surface area contributed by atoms with Crippen molar-refractivity contribution in [2.45, 2.75) is 47.0 Å². The number of anilines is 1. The van der Waals surface area contributed by atoms with Crippen LogP contribution in [0.15, 0.2) is 18.2 Å². The van der Waals surface area contributed by atoms with Gasteiger partial charge < -0.3 is 5.73 Å². The summed E-state index contributed by atoms with van der Waals surface area (Å²) in [6.07, 6.45) is 0.728. The molecule has 0 saturated heterocycles. The van der Waals surface area contributed by atoms with Gasteiger partial charge >= 0.3 is 0 Å². The van der Waals surface area contributed by atoms with Gasteiger partial charge in [-0.1, -0.05) is 43.2 Å². The molecule has 0 aliphatic rings. The topological polar surface area (TPSA) is 51.8 Å². The standard InChI is InChI=1S/C17H23N3/c1-10(2)16-13(5)19-15(20-17(16)18)9-14-7-11(3)6-12(4)8-14/h6-8,10H,9H2,1-5H3,(H2,18,19,20). The van der Waals surface area contributed by atoms with Gasteiger partial charge in [0.1, 0.15) is 11.6 Å². The molecular formula is C17H23N3. The Morgan fingerprint density at radius 1 is 1.00 bits per heavy atom. The number of nitrogens with zero attached hydrogens (tertiary/aromatic N) is 2. The van der Waals surface area contributed by atoms with E-state index in [0.717, 1.165) is 23.5 Å². The fraction of sp³-hybridized carbons (Fsp3) is 0.412. The van der Waals surface area contributed by atoms with E-state index >= 15 is 0 Å². The van der Waals surface area contributed by atoms with E-state index in [1.165, 1.54) is 16.7 Å². The summed E-state index contributed by atoms with van der Waals surface area (Å²) in [5.74, 6) is 1.77. The Hall–Kier alpha value is -1.90. The maximum atomic E-state index is 6.09. The van der Waals surface area contributed by atoms with Crippen LogP contribution in [0.2, 0.25) is 0 Å². The fourth-order valence-corrected chi connectivity index (χ4v) is 2.81. The van der Waals surface area contributed by atoms with Crippen molar-refractivity contribution in [3.05, 3.63) is 52.0 Å². The number of nitrogen functional groups attached to an aromatic ring is 1. The van der Waals surface area contributed by atoms with Crippen molar-refractivity contribution in [3.63, 3.8) is 0 Å². The van der Waals surface area contributed by atoms with Crippen LogP contribution >= 0.6 is 0 Å². The first kappa shape index (κ1) is 14.5. The lowest BCUT2D eigenvalue weighted by atomic mass is 10.0. The normalized spacial score (nSPS) is 11.1. The molecule has 0 unspecified atom stereocenters. The van der Waals surface area contributed by atoms with Crippen molar-refractivity contribution in [2.75, 3.05) is 5.73 Å². The van der Waals surface area contributed by atoms with Gasteiger partial charge in [0.2, 0.25) is 0 Å². The molecule has 3 nitrogen and oxygen atoms in total. The van der Waals surface area contributed by atoms with Gasteiger partial charge in [-0.3, -0.25) is 0 Å². The molecule has 3 heteroatoms. The first-order chi connectivity index (χ1) is 9.36. The van der Waals surface area contributed by atoms with Gasteiger partial charge in [0.15, 0.2) is 0 Å². The molecule has 1 aromatic carbocycles. The van der Waals surface area contributed by atoms with E-state index in [4.69, 9.17) is 5.73 Å². The van der Waals surface area contributed by atoms with Crippen LogP contribution in [0, 0.1) is 20.8 Å². The summed E-state index contributed by atoms with van der Waals surface area (Å²) in [7, 11) is 0. The monoisotopic (exact) mass is 269 g/mol. The number of benzene rings is 1. The Labute approximate surface area is 121 Å². The molecule has 0 amide bonds. The lowest BCUT2D eigenvalue weighted by Crippen LogP contribution is -2.09. The second-order valence-corrected chi connectivity index (χ2v) is 5.85. The molecule has 0 spiro atoms. The van der Waals surface area contributed by atoms with Crippen LogP contribution in [0.1, 0.15) is 53.5 Å². The smallest absolute Gasteiger partial charge is 0.135 e. The van der Waals surface area contributed by atoms with Crippen LogP contribution in [0.3, 0.4) is 0 Å². The van der Waals surface area contributed by atoms with Crippen molar-refractivity contribution in [3.8, 4) is 0 Å². The van der Waals surface area contributed by atoms with Crippen LogP contribution in [0.25, 0.3) is 0 Å². The molecule has 0 bridgehead atoms. The third kappa shape index (κ3) is 3.16. The lowest BCUT2D eigenvalue weighted by Gasteiger charge is -2.13. The van der Waals surface area contributed by atoms with E-state index in [-0.39, 0.29) is 0 Å². The zero-order valence-corrected chi connectivity index (χ0v) is 13.0. The zero-order valence-electron chi connectivity index (χ0n) is 13.0. The summed E-state index contributed by atoms with van der Waals surface area (Å²) < 4.78 is 0. The molecule has 0 aliphatic carbocycles. The van der Waals surface area contributed by atoms with E-state index in [1.807, 2.05) is 6.92 Å². The average molecular weight is 269 g/mol. The largest absolute Gasteiger partial charge is 0.383 e. The van der Waals surface area contributed by atoms with E-state index in [9.17, 15) is 0 Å². The highest BCUT2D eigenvalue weighted by molar-refractivity contribution is 5.44. The Balaban J connectivity index is 2.35. The van der Waals surface area contributed by atoms with E-state index < -0.39 is 0 Å². The van der Waals surface area contributed by atoms with Crippen molar-refractivity contribution in [2.24, 2.45) is 0 Å². The van der Waals surface area contributed by atoms with E-state index in [1.54, 1.807) is 0 Å². The SMILES string of the molecule is Cc1cc(C)cc(Cc2nc(C)c(C(C)C)c(N)n2)c1. The first-order valence-electron chi connectivity index (χ1n) is 7.07. The van der Waals surface area contributed by atoms with Gasteiger partial charge in [0.05, 0.1) is 0 Å². The second kappa shape index (κ2) is 5.61. The van der Waals surface area contributed by atoms with Crippen LogP contribution in [-0.2, 0) is 6.42 Å². The second-order valence-electron chi connectivity index (χ2n) is 5.85. The molecule has 0 atom stereocenters. The van der Waals surface area contributed by atoms with E-state index in [2.05, 4.69) is 55.9 Å². The zero-order chi connectivity index (χ0) is 14.9. The van der Waals surface area contributed by atoms with Gasteiger partial charge in [-0.15, -0.1) is 0 Å². The molecule has 0 aliphatic heterocycles. The molecule has 2 aromatic rings. The highest BCUT2D eigenvalue weighted by Crippen LogP contribution is 2.23. The Morgan fingerprint density at radius 3 is 2.10 bits per heavy atom. The number of hydrogen-bond acceptors (Lipinski definition) is 3. The maximum Gasteiger partial charge on any atom is 0.135 e. The number of aryl methyl sites for hydroxylation is 3. The van der Waals surface area contributed by atoms with Gasteiger partial charge in [-0.2, -0.15) is 0 Å².